The Morgan fingerprint density at radius 1 is 0.857 bits per heavy atom. The van der Waals surface area contributed by atoms with Crippen molar-refractivity contribution in [2.24, 2.45) is 0 Å². The summed E-state index contributed by atoms with van der Waals surface area (Å²) in [6.07, 6.45) is -0.963. The number of ether oxygens (including phenoxy) is 2. The van der Waals surface area contributed by atoms with Crippen molar-refractivity contribution in [1.29, 1.82) is 0 Å². The first-order chi connectivity index (χ1) is 16.3. The number of aryl methyl sites for hydroxylation is 2. The number of halogens is 1. The largest absolute Gasteiger partial charge is 0.543 e. The summed E-state index contributed by atoms with van der Waals surface area (Å²) in [7, 11) is -0.604. The van der Waals surface area contributed by atoms with E-state index in [0.29, 0.717) is 27.8 Å². The summed E-state index contributed by atoms with van der Waals surface area (Å²) in [6, 6.07) is 7.24. The maximum absolute atomic E-state index is 15.0. The molecule has 0 saturated carbocycles. The molecule has 4 nitrogen and oxygen atoms in total. The quantitative estimate of drug-likeness (QED) is 0.247. The van der Waals surface area contributed by atoms with Crippen LogP contribution in [0.15, 0.2) is 24.3 Å². The molecule has 0 radical (unpaired) electrons. The summed E-state index contributed by atoms with van der Waals surface area (Å²) >= 11 is 0. The second-order valence-electron chi connectivity index (χ2n) is 10.9. The summed E-state index contributed by atoms with van der Waals surface area (Å²) in [6.45, 7) is 21.5. The van der Waals surface area contributed by atoms with Crippen LogP contribution >= 0.6 is 0 Å². The van der Waals surface area contributed by atoms with Crippen LogP contribution in [0.5, 0.6) is 11.5 Å². The minimum atomic E-state index is -2.10. The van der Waals surface area contributed by atoms with Gasteiger partial charge in [0.15, 0.2) is 18.4 Å². The molecule has 1 N–H and O–H groups in total. The van der Waals surface area contributed by atoms with Gasteiger partial charge < -0.3 is 19.0 Å². The lowest BCUT2D eigenvalue weighted by Crippen LogP contribution is -2.50. The fourth-order valence-corrected chi connectivity index (χ4v) is 10.9. The van der Waals surface area contributed by atoms with E-state index in [9.17, 15) is 5.11 Å². The third kappa shape index (κ3) is 6.09. The smallest absolute Gasteiger partial charge is 0.258 e. The fourth-order valence-electron chi connectivity index (χ4n) is 5.64. The first-order valence-electron chi connectivity index (χ1n) is 12.7. The zero-order chi connectivity index (χ0) is 26.7. The number of aliphatic hydroxyl groups excluding tert-OH is 1. The molecule has 0 aromatic heterocycles. The van der Waals surface area contributed by atoms with Crippen LogP contribution < -0.4 is 9.16 Å². The fraction of sp³-hybridized carbons (Fsp3) is 0.586. The Morgan fingerprint density at radius 3 is 1.80 bits per heavy atom. The highest BCUT2D eigenvalue weighted by Gasteiger charge is 2.47. The van der Waals surface area contributed by atoms with Crippen LogP contribution in [0.3, 0.4) is 0 Å². The van der Waals surface area contributed by atoms with E-state index in [4.69, 9.17) is 13.9 Å². The topological polar surface area (TPSA) is 47.9 Å². The van der Waals surface area contributed by atoms with Crippen molar-refractivity contribution in [3.8, 4) is 11.5 Å². The third-order valence-electron chi connectivity index (χ3n) is 7.20. The van der Waals surface area contributed by atoms with Gasteiger partial charge in [-0.25, -0.2) is 4.39 Å². The number of hydrogen-bond acceptors (Lipinski definition) is 4. The van der Waals surface area contributed by atoms with E-state index in [1.54, 1.807) is 0 Å². The average molecular weight is 505 g/mol. The van der Waals surface area contributed by atoms with Gasteiger partial charge in [0.1, 0.15) is 11.9 Å². The second-order valence-corrected chi connectivity index (χ2v) is 16.3. The van der Waals surface area contributed by atoms with Gasteiger partial charge in [-0.05, 0) is 82.9 Å². The van der Waals surface area contributed by atoms with Gasteiger partial charge in [-0.1, -0.05) is 55.4 Å². The molecule has 0 heterocycles. The highest BCUT2D eigenvalue weighted by atomic mass is 28.4. The van der Waals surface area contributed by atoms with Gasteiger partial charge in [-0.3, -0.25) is 0 Å². The minimum Gasteiger partial charge on any atom is -0.543 e. The molecule has 1 unspecified atom stereocenters. The zero-order valence-corrected chi connectivity index (χ0v) is 24.5. The van der Waals surface area contributed by atoms with Gasteiger partial charge in [0, 0.05) is 12.7 Å². The molecule has 2 aromatic carbocycles. The number of benzene rings is 2. The summed E-state index contributed by atoms with van der Waals surface area (Å²) < 4.78 is 32.4. The Balaban J connectivity index is 2.52. The number of methoxy groups -OCH3 is 1. The van der Waals surface area contributed by atoms with E-state index < -0.39 is 20.2 Å². The lowest BCUT2D eigenvalue weighted by molar-refractivity contribution is 0.0473. The van der Waals surface area contributed by atoms with E-state index in [-0.39, 0.29) is 18.5 Å². The molecule has 0 fully saturated rings. The third-order valence-corrected chi connectivity index (χ3v) is 13.2. The maximum Gasteiger partial charge on any atom is 0.258 e. The standard InChI is InChI=1S/C29H45FO4Si/c1-17(2)25-14-23(15-26(30)29(25)33-16-32-11)28(31)27-21(9)12-24(13-22(27)10)34-35(18(3)4,19(5)6)20(7)8/h12-15,17-20,28,31H,16H2,1-11H3. The van der Waals surface area contributed by atoms with Gasteiger partial charge in [0.05, 0.1) is 0 Å². The van der Waals surface area contributed by atoms with Crippen molar-refractivity contribution >= 4 is 8.32 Å². The van der Waals surface area contributed by atoms with E-state index >= 15 is 4.39 Å². The number of hydrogen-bond donors (Lipinski definition) is 1. The highest BCUT2D eigenvalue weighted by molar-refractivity contribution is 6.78. The molecule has 1 atom stereocenters. The molecule has 35 heavy (non-hydrogen) atoms. The molecule has 0 aliphatic carbocycles. The Labute approximate surface area is 212 Å². The predicted octanol–water partition coefficient (Wildman–Crippen LogP) is 8.18. The summed E-state index contributed by atoms with van der Waals surface area (Å²) in [5.41, 5.74) is 5.23. The SMILES string of the molecule is COCOc1c(F)cc(C(O)c2c(C)cc(O[Si](C(C)C)(C(C)C)C(C)C)cc2C)cc1C(C)C. The zero-order valence-electron chi connectivity index (χ0n) is 23.5. The van der Waals surface area contributed by atoms with Gasteiger partial charge in [-0.2, -0.15) is 0 Å². The molecule has 0 spiro atoms. The van der Waals surface area contributed by atoms with Gasteiger partial charge in [0.25, 0.3) is 8.32 Å². The lowest BCUT2D eigenvalue weighted by Gasteiger charge is -2.42. The van der Waals surface area contributed by atoms with Crippen LogP contribution in [-0.2, 0) is 4.74 Å². The van der Waals surface area contributed by atoms with Crippen molar-refractivity contribution in [2.45, 2.75) is 97.9 Å². The van der Waals surface area contributed by atoms with Crippen molar-refractivity contribution in [2.75, 3.05) is 13.9 Å². The molecule has 6 heteroatoms. The first-order valence-corrected chi connectivity index (χ1v) is 14.8. The Kier molecular flexibility index (Phi) is 9.97. The summed E-state index contributed by atoms with van der Waals surface area (Å²) in [4.78, 5) is 0. The molecule has 0 saturated heterocycles. The molecule has 2 aromatic rings. The molecule has 0 amide bonds. The minimum absolute atomic E-state index is 0.0164. The van der Waals surface area contributed by atoms with Crippen molar-refractivity contribution in [3.63, 3.8) is 0 Å². The van der Waals surface area contributed by atoms with Crippen LogP contribution in [0.2, 0.25) is 16.6 Å². The Bertz CT molecular complexity index is 956. The Hall–Kier alpha value is -1.89. The van der Waals surface area contributed by atoms with E-state index in [2.05, 4.69) is 41.5 Å². The van der Waals surface area contributed by atoms with Crippen LogP contribution in [0.4, 0.5) is 4.39 Å². The summed E-state index contributed by atoms with van der Waals surface area (Å²) in [5.74, 6) is 0.547. The molecule has 2 rings (SSSR count). The van der Waals surface area contributed by atoms with Gasteiger partial charge in [-0.15, -0.1) is 0 Å². The Morgan fingerprint density at radius 2 is 1.37 bits per heavy atom. The van der Waals surface area contributed by atoms with Crippen molar-refractivity contribution < 1.29 is 23.4 Å². The van der Waals surface area contributed by atoms with Crippen LogP contribution in [-0.4, -0.2) is 27.3 Å². The predicted molar refractivity (Wildman–Crippen MR) is 145 cm³/mol. The molecule has 0 aliphatic rings. The van der Waals surface area contributed by atoms with Crippen LogP contribution in [0.1, 0.15) is 95.2 Å². The van der Waals surface area contributed by atoms with Gasteiger partial charge in [0.2, 0.25) is 0 Å². The van der Waals surface area contributed by atoms with Crippen LogP contribution in [0.25, 0.3) is 0 Å². The maximum atomic E-state index is 15.0. The van der Waals surface area contributed by atoms with E-state index in [1.807, 2.05) is 45.9 Å². The van der Waals surface area contributed by atoms with Crippen molar-refractivity contribution in [3.05, 3.63) is 57.9 Å². The lowest BCUT2D eigenvalue weighted by atomic mass is 9.90. The molecular weight excluding hydrogens is 459 g/mol. The molecular formula is C29H45FO4Si. The molecule has 0 aliphatic heterocycles. The monoisotopic (exact) mass is 504 g/mol. The second kappa shape index (κ2) is 11.9. The van der Waals surface area contributed by atoms with E-state index in [0.717, 1.165) is 22.4 Å². The highest BCUT2D eigenvalue weighted by Crippen LogP contribution is 2.44. The number of aliphatic hydroxyl groups is 1. The normalized spacial score (nSPS) is 13.3. The van der Waals surface area contributed by atoms with E-state index in [1.165, 1.54) is 13.2 Å². The van der Waals surface area contributed by atoms with Crippen molar-refractivity contribution in [1.82, 2.24) is 0 Å². The van der Waals surface area contributed by atoms with Crippen LogP contribution in [0, 0.1) is 19.7 Å². The van der Waals surface area contributed by atoms with Gasteiger partial charge >= 0.3 is 0 Å². The first kappa shape index (κ1) is 29.3. The number of rotatable bonds is 11. The summed E-state index contributed by atoms with van der Waals surface area (Å²) in [5, 5.41) is 11.4. The molecule has 196 valence electrons. The average Bonchev–Trinajstić information content (AvgIpc) is 2.74. The molecule has 0 bridgehead atoms.